The van der Waals surface area contributed by atoms with Crippen molar-refractivity contribution < 1.29 is 5.11 Å². The molecule has 2 atom stereocenters. The average molecular weight is 288 g/mol. The van der Waals surface area contributed by atoms with Crippen molar-refractivity contribution in [2.24, 2.45) is 11.3 Å². The average Bonchev–Trinajstić information content (AvgIpc) is 2.34. The van der Waals surface area contributed by atoms with E-state index in [4.69, 9.17) is 0 Å². The van der Waals surface area contributed by atoms with E-state index in [-0.39, 0.29) is 5.41 Å². The Bertz CT molecular complexity index is 478. The van der Waals surface area contributed by atoms with Crippen LogP contribution in [0.4, 0.5) is 0 Å². The van der Waals surface area contributed by atoms with E-state index in [2.05, 4.69) is 65.8 Å². The third-order valence-corrected chi connectivity index (χ3v) is 5.34. The van der Waals surface area contributed by atoms with Gasteiger partial charge in [0.25, 0.3) is 0 Å². The topological polar surface area (TPSA) is 20.2 Å². The standard InChI is InChI=1S/C20H32O/c1-15-13-19(5,6)11-12-20(15,21)14-16-7-9-17(10-8-16)18(2,3)4/h7-10,15,21H,11-14H2,1-6H3. The highest BCUT2D eigenvalue weighted by Crippen LogP contribution is 2.45. The highest BCUT2D eigenvalue weighted by molar-refractivity contribution is 5.28. The largest absolute Gasteiger partial charge is 0.389 e. The Morgan fingerprint density at radius 1 is 1.10 bits per heavy atom. The van der Waals surface area contributed by atoms with Crippen LogP contribution in [0.25, 0.3) is 0 Å². The summed E-state index contributed by atoms with van der Waals surface area (Å²) in [7, 11) is 0. The van der Waals surface area contributed by atoms with Crippen LogP contribution < -0.4 is 0 Å². The smallest absolute Gasteiger partial charge is 0.0713 e. The van der Waals surface area contributed by atoms with Crippen molar-refractivity contribution in [2.75, 3.05) is 0 Å². The van der Waals surface area contributed by atoms with Gasteiger partial charge in [-0.2, -0.15) is 0 Å². The molecule has 0 heterocycles. The first-order chi connectivity index (χ1) is 9.52. The van der Waals surface area contributed by atoms with Crippen molar-refractivity contribution in [3.05, 3.63) is 35.4 Å². The fraction of sp³-hybridized carbons (Fsp3) is 0.700. The lowest BCUT2D eigenvalue weighted by Crippen LogP contribution is -2.45. The van der Waals surface area contributed by atoms with Gasteiger partial charge in [-0.25, -0.2) is 0 Å². The highest BCUT2D eigenvalue weighted by Gasteiger charge is 2.42. The van der Waals surface area contributed by atoms with Gasteiger partial charge in [-0.1, -0.05) is 65.8 Å². The summed E-state index contributed by atoms with van der Waals surface area (Å²) < 4.78 is 0. The molecule has 1 fully saturated rings. The molecule has 1 aliphatic carbocycles. The van der Waals surface area contributed by atoms with Crippen molar-refractivity contribution in [3.63, 3.8) is 0 Å². The Morgan fingerprint density at radius 2 is 1.67 bits per heavy atom. The van der Waals surface area contributed by atoms with Crippen LogP contribution in [0.3, 0.4) is 0 Å². The first-order valence-electron chi connectivity index (χ1n) is 8.34. The molecule has 1 heteroatoms. The van der Waals surface area contributed by atoms with Gasteiger partial charge in [0.15, 0.2) is 0 Å². The maximum Gasteiger partial charge on any atom is 0.0713 e. The van der Waals surface area contributed by atoms with E-state index in [0.717, 1.165) is 25.7 Å². The minimum Gasteiger partial charge on any atom is -0.389 e. The van der Waals surface area contributed by atoms with Gasteiger partial charge in [-0.05, 0) is 47.1 Å². The van der Waals surface area contributed by atoms with Crippen LogP contribution in [0, 0.1) is 11.3 Å². The van der Waals surface area contributed by atoms with Gasteiger partial charge >= 0.3 is 0 Å². The van der Waals surface area contributed by atoms with Crippen LogP contribution in [-0.2, 0) is 11.8 Å². The van der Waals surface area contributed by atoms with Crippen LogP contribution in [-0.4, -0.2) is 10.7 Å². The summed E-state index contributed by atoms with van der Waals surface area (Å²) in [4.78, 5) is 0. The summed E-state index contributed by atoms with van der Waals surface area (Å²) in [5, 5.41) is 11.1. The number of benzene rings is 1. The third-order valence-electron chi connectivity index (χ3n) is 5.34. The van der Waals surface area contributed by atoms with Crippen molar-refractivity contribution in [2.45, 2.75) is 78.2 Å². The molecule has 1 aromatic carbocycles. The van der Waals surface area contributed by atoms with E-state index in [9.17, 15) is 5.11 Å². The molecule has 0 aromatic heterocycles. The van der Waals surface area contributed by atoms with Gasteiger partial charge in [-0.15, -0.1) is 0 Å². The van der Waals surface area contributed by atoms with Gasteiger partial charge in [0, 0.05) is 6.42 Å². The lowest BCUT2D eigenvalue weighted by molar-refractivity contribution is -0.0704. The number of aliphatic hydroxyl groups is 1. The van der Waals surface area contributed by atoms with E-state index in [1.165, 1.54) is 11.1 Å². The molecule has 2 rings (SSSR count). The summed E-state index contributed by atoms with van der Waals surface area (Å²) in [6.07, 6.45) is 3.94. The van der Waals surface area contributed by atoms with Crippen LogP contribution in [0.5, 0.6) is 0 Å². The Kier molecular flexibility index (Phi) is 4.28. The Balaban J connectivity index is 2.11. The summed E-state index contributed by atoms with van der Waals surface area (Å²) in [6.45, 7) is 13.6. The highest BCUT2D eigenvalue weighted by atomic mass is 16.3. The first kappa shape index (κ1) is 16.5. The van der Waals surface area contributed by atoms with Crippen molar-refractivity contribution >= 4 is 0 Å². The van der Waals surface area contributed by atoms with E-state index in [0.29, 0.717) is 11.3 Å². The van der Waals surface area contributed by atoms with Crippen LogP contribution in [0.1, 0.15) is 71.9 Å². The fourth-order valence-corrected chi connectivity index (χ4v) is 3.66. The molecule has 1 aromatic rings. The quantitative estimate of drug-likeness (QED) is 0.802. The summed E-state index contributed by atoms with van der Waals surface area (Å²) >= 11 is 0. The summed E-state index contributed by atoms with van der Waals surface area (Å²) in [6, 6.07) is 8.84. The predicted molar refractivity (Wildman–Crippen MR) is 90.6 cm³/mol. The molecule has 1 aliphatic rings. The minimum absolute atomic E-state index is 0.192. The molecule has 0 spiro atoms. The zero-order valence-electron chi connectivity index (χ0n) is 14.7. The molecule has 2 unspecified atom stereocenters. The molecule has 1 saturated carbocycles. The van der Waals surface area contributed by atoms with E-state index >= 15 is 0 Å². The number of rotatable bonds is 2. The molecule has 0 bridgehead atoms. The van der Waals surface area contributed by atoms with Crippen LogP contribution in [0.2, 0.25) is 0 Å². The van der Waals surface area contributed by atoms with Crippen LogP contribution in [0.15, 0.2) is 24.3 Å². The monoisotopic (exact) mass is 288 g/mol. The fourth-order valence-electron chi connectivity index (χ4n) is 3.66. The molecule has 0 aliphatic heterocycles. The van der Waals surface area contributed by atoms with Gasteiger partial charge in [-0.3, -0.25) is 0 Å². The predicted octanol–water partition coefficient (Wildman–Crippen LogP) is 5.10. The van der Waals surface area contributed by atoms with Crippen molar-refractivity contribution in [3.8, 4) is 0 Å². The second-order valence-corrected chi connectivity index (χ2v) is 9.00. The van der Waals surface area contributed by atoms with Gasteiger partial charge in [0.1, 0.15) is 0 Å². The number of hydrogen-bond acceptors (Lipinski definition) is 1. The molecular formula is C20H32O. The van der Waals surface area contributed by atoms with Gasteiger partial charge < -0.3 is 5.11 Å². The second-order valence-electron chi connectivity index (χ2n) is 9.00. The molecule has 1 N–H and O–H groups in total. The molecule has 0 saturated heterocycles. The summed E-state index contributed by atoms with van der Waals surface area (Å²) in [5.41, 5.74) is 2.66. The van der Waals surface area contributed by atoms with E-state index in [1.54, 1.807) is 0 Å². The van der Waals surface area contributed by atoms with Gasteiger partial charge in [0.05, 0.1) is 5.60 Å². The SMILES string of the molecule is CC1CC(C)(C)CCC1(O)Cc1ccc(C(C)(C)C)cc1. The van der Waals surface area contributed by atoms with Gasteiger partial charge in [0.2, 0.25) is 0 Å². The maximum atomic E-state index is 11.1. The first-order valence-corrected chi connectivity index (χ1v) is 8.34. The molecule has 0 radical (unpaired) electrons. The third kappa shape index (κ3) is 3.88. The number of hydrogen-bond donors (Lipinski definition) is 1. The lowest BCUT2D eigenvalue weighted by Gasteiger charge is -2.45. The van der Waals surface area contributed by atoms with Crippen molar-refractivity contribution in [1.82, 2.24) is 0 Å². The summed E-state index contributed by atoms with van der Waals surface area (Å²) in [5.74, 6) is 0.364. The maximum absolute atomic E-state index is 11.1. The Hall–Kier alpha value is -0.820. The molecule has 1 nitrogen and oxygen atoms in total. The normalized spacial score (nSPS) is 29.4. The minimum atomic E-state index is -0.529. The zero-order valence-corrected chi connectivity index (χ0v) is 14.7. The van der Waals surface area contributed by atoms with E-state index < -0.39 is 5.60 Å². The Labute approximate surface area is 130 Å². The van der Waals surface area contributed by atoms with Crippen molar-refractivity contribution in [1.29, 1.82) is 0 Å². The molecular weight excluding hydrogens is 256 g/mol. The second kappa shape index (κ2) is 5.43. The van der Waals surface area contributed by atoms with Crippen LogP contribution >= 0.6 is 0 Å². The van der Waals surface area contributed by atoms with E-state index in [1.807, 2.05) is 0 Å². The zero-order chi connectivity index (χ0) is 15.9. The molecule has 0 amide bonds. The molecule has 118 valence electrons. The lowest BCUT2D eigenvalue weighted by atomic mass is 9.64. The molecule has 21 heavy (non-hydrogen) atoms. The Morgan fingerprint density at radius 3 is 2.14 bits per heavy atom.